The third kappa shape index (κ3) is 3.96. The Bertz CT molecular complexity index is 494. The van der Waals surface area contributed by atoms with Gasteiger partial charge in [-0.05, 0) is 18.2 Å². The first-order valence-electron chi connectivity index (χ1n) is 4.83. The first-order valence-corrected chi connectivity index (χ1v) is 5.81. The number of thioether (sulfide) groups is 1. The summed E-state index contributed by atoms with van der Waals surface area (Å²) >= 11 is 1.07. The zero-order valence-electron chi connectivity index (χ0n) is 9.34. The molecular formula is C11H9F3N2OS. The van der Waals surface area contributed by atoms with Gasteiger partial charge in [0.2, 0.25) is 5.91 Å². The van der Waals surface area contributed by atoms with Gasteiger partial charge >= 0.3 is 6.18 Å². The lowest BCUT2D eigenvalue weighted by molar-refractivity contribution is -0.137. The van der Waals surface area contributed by atoms with E-state index in [2.05, 4.69) is 5.32 Å². The Kier molecular flexibility index (Phi) is 4.62. The number of carbonyl (C=O) groups is 1. The monoisotopic (exact) mass is 274 g/mol. The molecule has 1 aromatic carbocycles. The van der Waals surface area contributed by atoms with Crippen LogP contribution in [0, 0.1) is 11.3 Å². The number of nitrogens with zero attached hydrogens (tertiary/aromatic N) is 1. The second-order valence-electron chi connectivity index (χ2n) is 3.34. The lowest BCUT2D eigenvalue weighted by Crippen LogP contribution is -2.10. The molecule has 0 aliphatic heterocycles. The van der Waals surface area contributed by atoms with Gasteiger partial charge in [0.05, 0.1) is 23.1 Å². The second-order valence-corrected chi connectivity index (χ2v) is 4.35. The molecule has 18 heavy (non-hydrogen) atoms. The van der Waals surface area contributed by atoms with Crippen LogP contribution < -0.4 is 5.32 Å². The number of nitrogens with one attached hydrogen (secondary N) is 1. The topological polar surface area (TPSA) is 52.9 Å². The smallest absolute Gasteiger partial charge is 0.325 e. The van der Waals surface area contributed by atoms with Crippen molar-refractivity contribution in [2.75, 3.05) is 11.1 Å². The number of carbonyl (C=O) groups excluding carboxylic acids is 1. The highest BCUT2D eigenvalue weighted by Crippen LogP contribution is 2.35. The number of anilines is 1. The number of hydrogen-bond acceptors (Lipinski definition) is 3. The normalized spacial score (nSPS) is 10.8. The summed E-state index contributed by atoms with van der Waals surface area (Å²) in [7, 11) is 0. The number of rotatable bonds is 3. The minimum Gasteiger partial charge on any atom is -0.325 e. The number of amides is 1. The van der Waals surface area contributed by atoms with Crippen molar-refractivity contribution >= 4 is 23.4 Å². The van der Waals surface area contributed by atoms with Crippen molar-refractivity contribution in [2.45, 2.75) is 18.0 Å². The third-order valence-corrected chi connectivity index (χ3v) is 2.85. The average Bonchev–Trinajstić information content (AvgIpc) is 2.25. The van der Waals surface area contributed by atoms with E-state index >= 15 is 0 Å². The molecule has 1 rings (SSSR count). The van der Waals surface area contributed by atoms with Gasteiger partial charge in [-0.3, -0.25) is 4.79 Å². The molecule has 0 unspecified atom stereocenters. The Labute approximate surface area is 106 Å². The minimum atomic E-state index is -4.47. The lowest BCUT2D eigenvalue weighted by Gasteiger charge is -2.12. The third-order valence-electron chi connectivity index (χ3n) is 1.91. The molecule has 0 fully saturated rings. The summed E-state index contributed by atoms with van der Waals surface area (Å²) in [6.07, 6.45) is -4.47. The molecule has 1 N–H and O–H groups in total. The standard InChI is InChI=1S/C11H9F3N2OS/c1-7(17)16-9-6-8(11(12,13)14)2-3-10(9)18-5-4-15/h2-3,6H,5H2,1H3,(H,16,17). The van der Waals surface area contributed by atoms with Gasteiger partial charge in [0.15, 0.2) is 0 Å². The first kappa shape index (κ1) is 14.4. The molecule has 0 saturated heterocycles. The Hall–Kier alpha value is -1.68. The molecule has 0 saturated carbocycles. The fourth-order valence-electron chi connectivity index (χ4n) is 1.23. The summed E-state index contributed by atoms with van der Waals surface area (Å²) in [5, 5.41) is 10.8. The summed E-state index contributed by atoms with van der Waals surface area (Å²) in [4.78, 5) is 11.4. The molecule has 7 heteroatoms. The molecule has 3 nitrogen and oxygen atoms in total. The maximum Gasteiger partial charge on any atom is 0.416 e. The van der Waals surface area contributed by atoms with Crippen molar-refractivity contribution in [3.8, 4) is 6.07 Å². The Morgan fingerprint density at radius 2 is 2.17 bits per heavy atom. The maximum atomic E-state index is 12.5. The average molecular weight is 274 g/mol. The highest BCUT2D eigenvalue weighted by molar-refractivity contribution is 7.99. The summed E-state index contributed by atoms with van der Waals surface area (Å²) in [5.74, 6) is -0.370. The van der Waals surface area contributed by atoms with E-state index in [0.717, 1.165) is 23.9 Å². The van der Waals surface area contributed by atoms with Gasteiger partial charge in [-0.25, -0.2) is 0 Å². The van der Waals surface area contributed by atoms with Crippen molar-refractivity contribution < 1.29 is 18.0 Å². The van der Waals surface area contributed by atoms with Crippen LogP contribution >= 0.6 is 11.8 Å². The van der Waals surface area contributed by atoms with Gasteiger partial charge < -0.3 is 5.32 Å². The second kappa shape index (κ2) is 5.78. The van der Waals surface area contributed by atoms with Crippen LogP contribution in [0.15, 0.2) is 23.1 Å². The molecule has 0 spiro atoms. The van der Waals surface area contributed by atoms with Crippen LogP contribution in [0.2, 0.25) is 0 Å². The number of nitriles is 1. The first-order chi connectivity index (χ1) is 8.34. The van der Waals surface area contributed by atoms with Crippen LogP contribution in [0.1, 0.15) is 12.5 Å². The zero-order valence-corrected chi connectivity index (χ0v) is 10.2. The number of alkyl halides is 3. The summed E-state index contributed by atoms with van der Waals surface area (Å²) < 4.78 is 37.6. The molecule has 1 aromatic rings. The van der Waals surface area contributed by atoms with E-state index in [1.54, 1.807) is 0 Å². The predicted molar refractivity (Wildman–Crippen MR) is 62.1 cm³/mol. The number of benzene rings is 1. The molecule has 1 amide bonds. The van der Waals surface area contributed by atoms with Crippen LogP contribution in [0.4, 0.5) is 18.9 Å². The van der Waals surface area contributed by atoms with Gasteiger partial charge in [-0.2, -0.15) is 18.4 Å². The highest BCUT2D eigenvalue weighted by atomic mass is 32.2. The number of hydrogen-bond donors (Lipinski definition) is 1. The van der Waals surface area contributed by atoms with Crippen LogP contribution in [0.5, 0.6) is 0 Å². The van der Waals surface area contributed by atoms with Crippen LogP contribution in [-0.4, -0.2) is 11.7 Å². The molecule has 0 aromatic heterocycles. The van der Waals surface area contributed by atoms with Gasteiger partial charge in [-0.1, -0.05) is 0 Å². The summed E-state index contributed by atoms with van der Waals surface area (Å²) in [5.41, 5.74) is -0.773. The quantitative estimate of drug-likeness (QED) is 0.860. The molecular weight excluding hydrogens is 265 g/mol. The largest absolute Gasteiger partial charge is 0.416 e. The minimum absolute atomic E-state index is 0.0672. The van der Waals surface area contributed by atoms with Crippen LogP contribution in [-0.2, 0) is 11.0 Å². The highest BCUT2D eigenvalue weighted by Gasteiger charge is 2.31. The molecule has 0 radical (unpaired) electrons. The summed E-state index contributed by atoms with van der Waals surface area (Å²) in [6.45, 7) is 1.21. The molecule has 0 aliphatic carbocycles. The number of halogens is 3. The predicted octanol–water partition coefficient (Wildman–Crippen LogP) is 3.28. The molecule has 0 aliphatic rings. The zero-order chi connectivity index (χ0) is 13.8. The van der Waals surface area contributed by atoms with Crippen molar-refractivity contribution in [1.29, 1.82) is 5.26 Å². The van der Waals surface area contributed by atoms with Gasteiger partial charge in [0.1, 0.15) is 0 Å². The fourth-order valence-corrected chi connectivity index (χ4v) is 1.88. The van der Waals surface area contributed by atoms with E-state index in [9.17, 15) is 18.0 Å². The van der Waals surface area contributed by atoms with E-state index < -0.39 is 17.6 Å². The molecule has 96 valence electrons. The van der Waals surface area contributed by atoms with E-state index in [1.807, 2.05) is 6.07 Å². The van der Waals surface area contributed by atoms with Crippen LogP contribution in [0.3, 0.4) is 0 Å². The van der Waals surface area contributed by atoms with E-state index in [1.165, 1.54) is 13.0 Å². The maximum absolute atomic E-state index is 12.5. The van der Waals surface area contributed by atoms with E-state index in [4.69, 9.17) is 5.26 Å². The Balaban J connectivity index is 3.12. The van der Waals surface area contributed by atoms with E-state index in [-0.39, 0.29) is 11.4 Å². The van der Waals surface area contributed by atoms with Crippen LogP contribution in [0.25, 0.3) is 0 Å². The van der Waals surface area contributed by atoms with Gasteiger partial charge in [-0.15, -0.1) is 11.8 Å². The summed E-state index contributed by atoms with van der Waals surface area (Å²) in [6, 6.07) is 4.90. The van der Waals surface area contributed by atoms with Crippen molar-refractivity contribution in [3.05, 3.63) is 23.8 Å². The lowest BCUT2D eigenvalue weighted by atomic mass is 10.2. The van der Waals surface area contributed by atoms with Gasteiger partial charge in [0, 0.05) is 11.8 Å². The fraction of sp³-hybridized carbons (Fsp3) is 0.273. The Morgan fingerprint density at radius 1 is 1.50 bits per heavy atom. The van der Waals surface area contributed by atoms with E-state index in [0.29, 0.717) is 4.90 Å². The molecule has 0 heterocycles. The van der Waals surface area contributed by atoms with Crippen molar-refractivity contribution in [2.24, 2.45) is 0 Å². The molecule has 0 atom stereocenters. The SMILES string of the molecule is CC(=O)Nc1cc(C(F)(F)F)ccc1SCC#N. The molecule has 0 bridgehead atoms. The van der Waals surface area contributed by atoms with Crippen molar-refractivity contribution in [1.82, 2.24) is 0 Å². The Morgan fingerprint density at radius 3 is 2.67 bits per heavy atom. The van der Waals surface area contributed by atoms with Crippen molar-refractivity contribution in [3.63, 3.8) is 0 Å². The van der Waals surface area contributed by atoms with Gasteiger partial charge in [0.25, 0.3) is 0 Å².